The molecular weight excluding hydrogens is 276 g/mol. The van der Waals surface area contributed by atoms with Crippen molar-refractivity contribution < 1.29 is 18.7 Å². The van der Waals surface area contributed by atoms with Gasteiger partial charge >= 0.3 is 0 Å². The summed E-state index contributed by atoms with van der Waals surface area (Å²) in [4.78, 5) is 11.8. The molecule has 1 aromatic carbocycles. The predicted octanol–water partition coefficient (Wildman–Crippen LogP) is 2.67. The zero-order chi connectivity index (χ0) is 15.8. The molecule has 21 heavy (non-hydrogen) atoms. The van der Waals surface area contributed by atoms with E-state index in [9.17, 15) is 13.6 Å². The normalized spacial score (nSPS) is 12.5. The number of rotatable bonds is 8. The summed E-state index contributed by atoms with van der Waals surface area (Å²) in [5.74, 6) is -1.60. The van der Waals surface area contributed by atoms with E-state index in [0.717, 1.165) is 12.5 Å². The van der Waals surface area contributed by atoms with E-state index < -0.39 is 11.6 Å². The molecule has 118 valence electrons. The van der Waals surface area contributed by atoms with Crippen LogP contribution in [0.5, 0.6) is 0 Å². The molecule has 0 saturated carbocycles. The first-order chi connectivity index (χ1) is 9.93. The first-order valence-electron chi connectivity index (χ1n) is 7.24. The van der Waals surface area contributed by atoms with Crippen molar-refractivity contribution >= 4 is 5.91 Å². The minimum Gasteiger partial charge on any atom is -0.396 e. The Morgan fingerprint density at radius 2 is 2.05 bits per heavy atom. The van der Waals surface area contributed by atoms with Crippen molar-refractivity contribution in [1.29, 1.82) is 0 Å². The van der Waals surface area contributed by atoms with Crippen molar-refractivity contribution in [2.75, 3.05) is 13.2 Å². The van der Waals surface area contributed by atoms with Crippen molar-refractivity contribution in [3.05, 3.63) is 35.4 Å². The highest BCUT2D eigenvalue weighted by Gasteiger charge is 2.14. The Hall–Kier alpha value is -1.49. The maximum atomic E-state index is 13.5. The van der Waals surface area contributed by atoms with Crippen molar-refractivity contribution in [3.8, 4) is 0 Å². The number of aliphatic hydroxyl groups excluding tert-OH is 1. The number of hydrogen-bond donors (Lipinski definition) is 2. The molecule has 2 N–H and O–H groups in total. The molecule has 0 aromatic heterocycles. The maximum Gasteiger partial charge on any atom is 0.224 e. The number of carbonyl (C=O) groups excluding carboxylic acids is 1. The number of benzene rings is 1. The number of amides is 1. The smallest absolute Gasteiger partial charge is 0.224 e. The average Bonchev–Trinajstić information content (AvgIpc) is 2.41. The fraction of sp³-hybridized carbons (Fsp3) is 0.562. The number of halogens is 2. The molecule has 1 atom stereocenters. The average molecular weight is 299 g/mol. The lowest BCUT2D eigenvalue weighted by molar-refractivity contribution is -0.120. The summed E-state index contributed by atoms with van der Waals surface area (Å²) < 4.78 is 26.5. The fourth-order valence-corrected chi connectivity index (χ4v) is 2.33. The van der Waals surface area contributed by atoms with Gasteiger partial charge in [0.25, 0.3) is 0 Å². The van der Waals surface area contributed by atoms with Crippen LogP contribution in [0.4, 0.5) is 8.78 Å². The van der Waals surface area contributed by atoms with Gasteiger partial charge < -0.3 is 10.4 Å². The Labute approximate surface area is 124 Å². The minimum atomic E-state index is -0.971. The van der Waals surface area contributed by atoms with Crippen LogP contribution in [0.25, 0.3) is 0 Å². The second-order valence-corrected chi connectivity index (χ2v) is 5.70. The SMILES string of the molecule is CC(C)CC(CCO)CNC(=O)Cc1cccc(F)c1F. The molecule has 0 saturated heterocycles. The van der Waals surface area contributed by atoms with E-state index in [1.54, 1.807) is 0 Å². The molecular formula is C16H23F2NO2. The molecule has 1 aromatic rings. The van der Waals surface area contributed by atoms with Gasteiger partial charge in [-0.15, -0.1) is 0 Å². The first kappa shape index (κ1) is 17.6. The van der Waals surface area contributed by atoms with E-state index >= 15 is 0 Å². The lowest BCUT2D eigenvalue weighted by Crippen LogP contribution is -2.31. The molecule has 0 aliphatic carbocycles. The van der Waals surface area contributed by atoms with Crippen LogP contribution in [-0.4, -0.2) is 24.2 Å². The van der Waals surface area contributed by atoms with Crippen molar-refractivity contribution in [3.63, 3.8) is 0 Å². The molecule has 0 aliphatic heterocycles. The Morgan fingerprint density at radius 3 is 2.67 bits per heavy atom. The van der Waals surface area contributed by atoms with Crippen LogP contribution < -0.4 is 5.32 Å². The van der Waals surface area contributed by atoms with Gasteiger partial charge in [0.2, 0.25) is 5.91 Å². The van der Waals surface area contributed by atoms with E-state index in [0.29, 0.717) is 18.9 Å². The second kappa shape index (κ2) is 8.72. The van der Waals surface area contributed by atoms with Crippen LogP contribution >= 0.6 is 0 Å². The third-order valence-electron chi connectivity index (χ3n) is 3.31. The Kier molecular flexibility index (Phi) is 7.29. The largest absolute Gasteiger partial charge is 0.396 e. The minimum absolute atomic E-state index is 0.0510. The van der Waals surface area contributed by atoms with Gasteiger partial charge in [-0.25, -0.2) is 8.78 Å². The van der Waals surface area contributed by atoms with Crippen molar-refractivity contribution in [2.45, 2.75) is 33.1 Å². The van der Waals surface area contributed by atoms with Gasteiger partial charge in [0.05, 0.1) is 6.42 Å². The molecule has 1 rings (SSSR count). The monoisotopic (exact) mass is 299 g/mol. The third-order valence-corrected chi connectivity index (χ3v) is 3.31. The topological polar surface area (TPSA) is 49.3 Å². The highest BCUT2D eigenvalue weighted by Crippen LogP contribution is 2.15. The summed E-state index contributed by atoms with van der Waals surface area (Å²) >= 11 is 0. The highest BCUT2D eigenvalue weighted by molar-refractivity contribution is 5.78. The Bertz CT molecular complexity index is 464. The molecule has 0 bridgehead atoms. The van der Waals surface area contributed by atoms with Gasteiger partial charge in [0.1, 0.15) is 0 Å². The van der Waals surface area contributed by atoms with Crippen LogP contribution in [-0.2, 0) is 11.2 Å². The van der Waals surface area contributed by atoms with Crippen LogP contribution in [0.3, 0.4) is 0 Å². The number of nitrogens with one attached hydrogen (secondary N) is 1. The summed E-state index contributed by atoms with van der Waals surface area (Å²) in [6, 6.07) is 3.81. The number of hydrogen-bond acceptors (Lipinski definition) is 2. The molecule has 3 nitrogen and oxygen atoms in total. The zero-order valence-electron chi connectivity index (χ0n) is 12.5. The van der Waals surface area contributed by atoms with Gasteiger partial charge in [-0.2, -0.15) is 0 Å². The van der Waals surface area contributed by atoms with Gasteiger partial charge in [-0.1, -0.05) is 26.0 Å². The Morgan fingerprint density at radius 1 is 1.33 bits per heavy atom. The van der Waals surface area contributed by atoms with Crippen molar-refractivity contribution in [1.82, 2.24) is 5.32 Å². The van der Waals surface area contributed by atoms with Gasteiger partial charge in [0, 0.05) is 18.7 Å². The van der Waals surface area contributed by atoms with E-state index in [4.69, 9.17) is 5.11 Å². The number of carbonyl (C=O) groups is 1. The van der Waals surface area contributed by atoms with Crippen LogP contribution in [0.1, 0.15) is 32.3 Å². The van der Waals surface area contributed by atoms with Crippen LogP contribution in [0.2, 0.25) is 0 Å². The van der Waals surface area contributed by atoms with Gasteiger partial charge in [-0.3, -0.25) is 4.79 Å². The standard InChI is InChI=1S/C16H23F2NO2/c1-11(2)8-12(6-7-20)10-19-15(21)9-13-4-3-5-14(17)16(13)18/h3-5,11-12,20H,6-10H2,1-2H3,(H,19,21). The molecule has 5 heteroatoms. The highest BCUT2D eigenvalue weighted by atomic mass is 19.2. The zero-order valence-corrected chi connectivity index (χ0v) is 12.5. The molecule has 0 aliphatic rings. The first-order valence-corrected chi connectivity index (χ1v) is 7.24. The van der Waals surface area contributed by atoms with Crippen LogP contribution in [0.15, 0.2) is 18.2 Å². The lowest BCUT2D eigenvalue weighted by Gasteiger charge is -2.18. The molecule has 0 radical (unpaired) electrons. The maximum absolute atomic E-state index is 13.5. The van der Waals surface area contributed by atoms with E-state index in [1.807, 2.05) is 0 Å². The summed E-state index contributed by atoms with van der Waals surface area (Å²) in [5, 5.41) is 11.7. The van der Waals surface area contributed by atoms with Gasteiger partial charge in [-0.05, 0) is 30.7 Å². The summed E-state index contributed by atoms with van der Waals surface area (Å²) in [6.07, 6.45) is 1.33. The van der Waals surface area contributed by atoms with E-state index in [1.165, 1.54) is 12.1 Å². The second-order valence-electron chi connectivity index (χ2n) is 5.70. The summed E-state index contributed by atoms with van der Waals surface area (Å²) in [7, 11) is 0. The molecule has 0 fully saturated rings. The van der Waals surface area contributed by atoms with Crippen LogP contribution in [0, 0.1) is 23.5 Å². The van der Waals surface area contributed by atoms with E-state index in [2.05, 4.69) is 19.2 Å². The Balaban J connectivity index is 2.50. The summed E-state index contributed by atoms with van der Waals surface area (Å²) in [6.45, 7) is 4.67. The fourth-order valence-electron chi connectivity index (χ4n) is 2.33. The van der Waals surface area contributed by atoms with E-state index in [-0.39, 0.29) is 30.4 Å². The van der Waals surface area contributed by atoms with Gasteiger partial charge in [0.15, 0.2) is 11.6 Å². The predicted molar refractivity (Wildman–Crippen MR) is 77.7 cm³/mol. The quantitative estimate of drug-likeness (QED) is 0.775. The van der Waals surface area contributed by atoms with Crippen molar-refractivity contribution in [2.24, 2.45) is 11.8 Å². The molecule has 1 unspecified atom stereocenters. The lowest BCUT2D eigenvalue weighted by atomic mass is 9.94. The molecule has 1 amide bonds. The number of aliphatic hydroxyl groups is 1. The summed E-state index contributed by atoms with van der Waals surface area (Å²) in [5.41, 5.74) is 0.0510. The molecule has 0 spiro atoms. The third kappa shape index (κ3) is 6.21. The molecule has 0 heterocycles.